The van der Waals surface area contributed by atoms with Gasteiger partial charge >= 0.3 is 0 Å². The molecule has 8 aromatic carbocycles. The second kappa shape index (κ2) is 15.7. The first-order valence-corrected chi connectivity index (χ1v) is 19.5. The quantitative estimate of drug-likeness (QED) is 0.127. The van der Waals surface area contributed by atoms with E-state index in [9.17, 15) is 0 Å². The molecule has 0 aliphatic rings. The number of rotatable bonds is 10. The molecule has 0 fully saturated rings. The van der Waals surface area contributed by atoms with Crippen LogP contribution in [0.25, 0.3) is 66.4 Å². The summed E-state index contributed by atoms with van der Waals surface area (Å²) >= 11 is 0. The lowest BCUT2D eigenvalue weighted by atomic mass is 9.98. The molecular formula is C55H42N2. The lowest BCUT2D eigenvalue weighted by molar-refractivity contribution is 1.18. The van der Waals surface area contributed by atoms with E-state index in [-0.39, 0.29) is 0 Å². The molecule has 0 amide bonds. The van der Waals surface area contributed by atoms with E-state index in [0.717, 1.165) is 33.9 Å². The first kappa shape index (κ1) is 35.3. The smallest absolute Gasteiger partial charge is 0.0541 e. The number of allylic oxidation sites excluding steroid dienone is 5. The van der Waals surface area contributed by atoms with Crippen molar-refractivity contribution in [2.24, 2.45) is 0 Å². The Balaban J connectivity index is 1.05. The predicted octanol–water partition coefficient (Wildman–Crippen LogP) is 15.4. The van der Waals surface area contributed by atoms with Crippen LogP contribution in [-0.2, 0) is 0 Å². The predicted molar refractivity (Wildman–Crippen MR) is 245 cm³/mol. The van der Waals surface area contributed by atoms with E-state index in [1.807, 2.05) is 25.2 Å². The average molecular weight is 731 g/mol. The lowest BCUT2D eigenvalue weighted by Gasteiger charge is -2.26. The maximum absolute atomic E-state index is 4.05. The molecule has 0 bridgehead atoms. The fraction of sp³-hybridized carbons (Fsp3) is 0.0182. The molecule has 0 aliphatic carbocycles. The number of aromatic nitrogens is 1. The molecule has 2 nitrogen and oxygen atoms in total. The zero-order valence-electron chi connectivity index (χ0n) is 32.0. The highest BCUT2D eigenvalue weighted by molar-refractivity contribution is 6.09. The summed E-state index contributed by atoms with van der Waals surface area (Å²) < 4.78 is 2.38. The molecule has 9 rings (SSSR count). The fourth-order valence-electron chi connectivity index (χ4n) is 7.87. The van der Waals surface area contributed by atoms with Crippen molar-refractivity contribution >= 4 is 44.4 Å². The van der Waals surface area contributed by atoms with Gasteiger partial charge in [0.2, 0.25) is 0 Å². The minimum atomic E-state index is 1.08. The maximum atomic E-state index is 4.05. The van der Waals surface area contributed by atoms with Crippen LogP contribution in [0.4, 0.5) is 17.1 Å². The lowest BCUT2D eigenvalue weighted by Crippen LogP contribution is -2.09. The van der Waals surface area contributed by atoms with Crippen molar-refractivity contribution in [2.75, 3.05) is 4.90 Å². The maximum Gasteiger partial charge on any atom is 0.0541 e. The van der Waals surface area contributed by atoms with Crippen molar-refractivity contribution in [3.05, 3.63) is 237 Å². The molecule has 1 aromatic heterocycles. The van der Waals surface area contributed by atoms with Crippen LogP contribution in [0.15, 0.2) is 231 Å². The minimum absolute atomic E-state index is 1.08. The first-order valence-electron chi connectivity index (χ1n) is 19.5. The van der Waals surface area contributed by atoms with Crippen molar-refractivity contribution in [2.45, 2.75) is 6.92 Å². The third-order valence-electron chi connectivity index (χ3n) is 10.7. The Morgan fingerprint density at radius 2 is 0.912 bits per heavy atom. The third-order valence-corrected chi connectivity index (χ3v) is 10.7. The molecule has 2 heteroatoms. The molecule has 0 spiro atoms. The van der Waals surface area contributed by atoms with E-state index in [1.165, 1.54) is 55.2 Å². The number of nitrogens with zero attached hydrogens (tertiary/aromatic N) is 2. The van der Waals surface area contributed by atoms with Crippen LogP contribution >= 0.6 is 0 Å². The molecule has 0 atom stereocenters. The second-order valence-corrected chi connectivity index (χ2v) is 14.2. The molecular weight excluding hydrogens is 689 g/mol. The van der Waals surface area contributed by atoms with E-state index in [0.29, 0.717) is 0 Å². The first-order chi connectivity index (χ1) is 28.2. The highest BCUT2D eigenvalue weighted by atomic mass is 15.1. The number of hydrogen-bond donors (Lipinski definition) is 0. The van der Waals surface area contributed by atoms with Gasteiger partial charge in [-0.05, 0) is 118 Å². The van der Waals surface area contributed by atoms with Crippen molar-refractivity contribution in [3.8, 4) is 39.1 Å². The Kier molecular flexibility index (Phi) is 9.75. The Morgan fingerprint density at radius 3 is 1.49 bits per heavy atom. The van der Waals surface area contributed by atoms with Gasteiger partial charge in [0.15, 0.2) is 0 Å². The van der Waals surface area contributed by atoms with Gasteiger partial charge in [0.1, 0.15) is 0 Å². The summed E-state index contributed by atoms with van der Waals surface area (Å²) in [6.45, 7) is 6.08. The molecule has 0 aliphatic heterocycles. The van der Waals surface area contributed by atoms with Crippen LogP contribution in [0.2, 0.25) is 0 Å². The number of para-hydroxylation sites is 2. The number of fused-ring (bicyclic) bond motifs is 3. The summed E-state index contributed by atoms with van der Waals surface area (Å²) in [6, 6.07) is 72.1. The number of anilines is 3. The van der Waals surface area contributed by atoms with Crippen molar-refractivity contribution in [1.82, 2.24) is 4.57 Å². The Bertz CT molecular complexity index is 2840. The van der Waals surface area contributed by atoms with Gasteiger partial charge in [-0.15, -0.1) is 0 Å². The van der Waals surface area contributed by atoms with Gasteiger partial charge in [-0.3, -0.25) is 0 Å². The van der Waals surface area contributed by atoms with E-state index in [4.69, 9.17) is 0 Å². The van der Waals surface area contributed by atoms with E-state index < -0.39 is 0 Å². The van der Waals surface area contributed by atoms with E-state index in [1.54, 1.807) is 0 Å². The van der Waals surface area contributed by atoms with Crippen LogP contribution in [0, 0.1) is 0 Å². The Hall–Kier alpha value is -7.42. The van der Waals surface area contributed by atoms with Crippen LogP contribution in [0.5, 0.6) is 0 Å². The standard InChI is InChI=1S/C55H42N2/c1-3-5-15-40(4-2)42-26-32-48(33-27-42)56(49-34-28-43(29-35-49)41-16-7-6-8-17-41)50-36-30-44(31-37-50)45-18-13-19-46(38-45)47-20-14-21-51(39-47)57-54-24-11-9-22-52(54)53-23-10-12-25-55(53)57/h3-39H,2H2,1H3/b5-3-,40-15+. The van der Waals surface area contributed by atoms with Gasteiger partial charge in [-0.1, -0.05) is 164 Å². The van der Waals surface area contributed by atoms with E-state index >= 15 is 0 Å². The van der Waals surface area contributed by atoms with Crippen molar-refractivity contribution in [3.63, 3.8) is 0 Å². The monoisotopic (exact) mass is 730 g/mol. The van der Waals surface area contributed by atoms with Gasteiger partial charge < -0.3 is 9.47 Å². The molecule has 9 aromatic rings. The topological polar surface area (TPSA) is 8.17 Å². The highest BCUT2D eigenvalue weighted by Gasteiger charge is 2.15. The van der Waals surface area contributed by atoms with Crippen LogP contribution in [0.1, 0.15) is 12.5 Å². The molecule has 0 unspecified atom stereocenters. The molecule has 0 radical (unpaired) electrons. The van der Waals surface area contributed by atoms with Crippen LogP contribution in [-0.4, -0.2) is 4.57 Å². The van der Waals surface area contributed by atoms with Gasteiger partial charge in [0.05, 0.1) is 11.0 Å². The van der Waals surface area contributed by atoms with Gasteiger partial charge in [0.25, 0.3) is 0 Å². The average Bonchev–Trinajstić information content (AvgIpc) is 3.62. The summed E-state index contributed by atoms with van der Waals surface area (Å²) in [5, 5.41) is 2.53. The van der Waals surface area contributed by atoms with Crippen molar-refractivity contribution in [1.29, 1.82) is 0 Å². The summed E-state index contributed by atoms with van der Waals surface area (Å²) in [5.41, 5.74) is 16.1. The van der Waals surface area contributed by atoms with Crippen molar-refractivity contribution < 1.29 is 0 Å². The number of hydrogen-bond acceptors (Lipinski definition) is 1. The van der Waals surface area contributed by atoms with Crippen LogP contribution < -0.4 is 4.90 Å². The molecule has 0 saturated carbocycles. The summed E-state index contributed by atoms with van der Waals surface area (Å²) in [5.74, 6) is 0. The molecule has 57 heavy (non-hydrogen) atoms. The van der Waals surface area contributed by atoms with Crippen LogP contribution in [0.3, 0.4) is 0 Å². The summed E-state index contributed by atoms with van der Waals surface area (Å²) in [6.07, 6.45) is 8.08. The highest BCUT2D eigenvalue weighted by Crippen LogP contribution is 2.38. The second-order valence-electron chi connectivity index (χ2n) is 14.2. The molecule has 1 heterocycles. The normalized spacial score (nSPS) is 11.7. The zero-order chi connectivity index (χ0) is 38.6. The van der Waals surface area contributed by atoms with E-state index in [2.05, 4.69) is 222 Å². The molecule has 0 N–H and O–H groups in total. The van der Waals surface area contributed by atoms with Gasteiger partial charge in [-0.2, -0.15) is 0 Å². The minimum Gasteiger partial charge on any atom is -0.311 e. The van der Waals surface area contributed by atoms with Gasteiger partial charge in [0, 0.05) is 33.5 Å². The SMILES string of the molecule is C=C/C(=C\C=C/C)c1ccc(N(c2ccc(-c3ccccc3)cc2)c2ccc(-c3cccc(-c4cccc(-n5c6ccccc6c6ccccc65)c4)c3)cc2)cc1. The molecule has 272 valence electrons. The Morgan fingerprint density at radius 1 is 0.456 bits per heavy atom. The summed E-state index contributed by atoms with van der Waals surface area (Å²) in [7, 11) is 0. The number of benzene rings is 8. The summed E-state index contributed by atoms with van der Waals surface area (Å²) in [4.78, 5) is 2.32. The van der Waals surface area contributed by atoms with Gasteiger partial charge in [-0.25, -0.2) is 0 Å². The third kappa shape index (κ3) is 7.01. The molecule has 0 saturated heterocycles. The Labute approximate surface area is 335 Å². The fourth-order valence-corrected chi connectivity index (χ4v) is 7.87. The zero-order valence-corrected chi connectivity index (χ0v) is 32.0. The largest absolute Gasteiger partial charge is 0.311 e.